The van der Waals surface area contributed by atoms with Crippen molar-refractivity contribution in [1.82, 2.24) is 4.90 Å². The van der Waals surface area contributed by atoms with Gasteiger partial charge in [-0.25, -0.2) is 0 Å². The van der Waals surface area contributed by atoms with Crippen LogP contribution in [0.25, 0.3) is 0 Å². The molecule has 2 nitrogen and oxygen atoms in total. The Hall–Kier alpha value is -0.0800. The molecule has 1 saturated heterocycles. The van der Waals surface area contributed by atoms with E-state index in [1.165, 1.54) is 51.6 Å². The van der Waals surface area contributed by atoms with Crippen LogP contribution >= 0.6 is 0 Å². The molecule has 82 valence electrons. The molecule has 2 N–H and O–H groups in total. The molecule has 2 heteroatoms. The van der Waals surface area contributed by atoms with Gasteiger partial charge in [-0.15, -0.1) is 0 Å². The highest BCUT2D eigenvalue weighted by atomic mass is 15.2. The fourth-order valence-electron chi connectivity index (χ4n) is 3.06. The van der Waals surface area contributed by atoms with Gasteiger partial charge >= 0.3 is 0 Å². The lowest BCUT2D eigenvalue weighted by Crippen LogP contribution is -2.58. The van der Waals surface area contributed by atoms with Gasteiger partial charge < -0.3 is 5.73 Å². The summed E-state index contributed by atoms with van der Waals surface area (Å²) in [4.78, 5) is 2.63. The molecule has 2 rings (SSSR count). The van der Waals surface area contributed by atoms with E-state index in [1.54, 1.807) is 0 Å². The summed E-state index contributed by atoms with van der Waals surface area (Å²) in [6.07, 6.45) is 8.10. The summed E-state index contributed by atoms with van der Waals surface area (Å²) in [6.45, 7) is 4.94. The molecular weight excluding hydrogens is 172 g/mol. The van der Waals surface area contributed by atoms with Crippen molar-refractivity contribution in [3.05, 3.63) is 0 Å². The van der Waals surface area contributed by atoms with Crippen molar-refractivity contribution in [3.8, 4) is 0 Å². The molecule has 0 aromatic heterocycles. The summed E-state index contributed by atoms with van der Waals surface area (Å²) in [7, 11) is 0. The number of nitrogens with zero attached hydrogens (tertiary/aromatic N) is 1. The van der Waals surface area contributed by atoms with Gasteiger partial charge in [0, 0.05) is 25.2 Å². The first-order valence-electron chi connectivity index (χ1n) is 6.31. The van der Waals surface area contributed by atoms with Gasteiger partial charge in [-0.3, -0.25) is 4.90 Å². The first-order valence-corrected chi connectivity index (χ1v) is 6.31. The molecule has 0 bridgehead atoms. The summed E-state index contributed by atoms with van der Waals surface area (Å²) in [5.41, 5.74) is 6.17. The summed E-state index contributed by atoms with van der Waals surface area (Å²) in [5.74, 6) is 0.981. The highest BCUT2D eigenvalue weighted by Gasteiger charge is 2.35. The molecule has 0 radical (unpaired) electrons. The van der Waals surface area contributed by atoms with Crippen LogP contribution in [-0.4, -0.2) is 30.1 Å². The van der Waals surface area contributed by atoms with Gasteiger partial charge in [0.25, 0.3) is 0 Å². The standard InChI is InChI=1S/C12H24N2/c1-2-5-10-8-14(9-10)12-7-4-3-6-11(12)13/h10-12H,2-9,13H2,1H3. The third-order valence-corrected chi connectivity index (χ3v) is 3.93. The van der Waals surface area contributed by atoms with E-state index in [9.17, 15) is 0 Å². The predicted molar refractivity (Wildman–Crippen MR) is 60.2 cm³/mol. The predicted octanol–water partition coefficient (Wildman–Crippen LogP) is 1.99. The number of likely N-dealkylation sites (tertiary alicyclic amines) is 1. The van der Waals surface area contributed by atoms with E-state index in [0.29, 0.717) is 6.04 Å². The minimum absolute atomic E-state index is 0.464. The van der Waals surface area contributed by atoms with E-state index in [4.69, 9.17) is 5.73 Å². The molecule has 2 aliphatic rings. The van der Waals surface area contributed by atoms with E-state index in [1.807, 2.05) is 0 Å². The maximum absolute atomic E-state index is 6.17. The molecule has 2 fully saturated rings. The zero-order chi connectivity index (χ0) is 9.97. The third-order valence-electron chi connectivity index (χ3n) is 3.93. The highest BCUT2D eigenvalue weighted by molar-refractivity contribution is 4.92. The van der Waals surface area contributed by atoms with Crippen LogP contribution in [0.1, 0.15) is 45.4 Å². The lowest BCUT2D eigenvalue weighted by atomic mass is 9.85. The largest absolute Gasteiger partial charge is 0.326 e. The van der Waals surface area contributed by atoms with Crippen molar-refractivity contribution >= 4 is 0 Å². The summed E-state index contributed by atoms with van der Waals surface area (Å²) in [6, 6.07) is 1.18. The van der Waals surface area contributed by atoms with Crippen LogP contribution in [0.2, 0.25) is 0 Å². The van der Waals surface area contributed by atoms with Crippen LogP contribution in [0.5, 0.6) is 0 Å². The smallest absolute Gasteiger partial charge is 0.0247 e. The van der Waals surface area contributed by atoms with E-state index in [-0.39, 0.29) is 0 Å². The van der Waals surface area contributed by atoms with Crippen molar-refractivity contribution in [2.24, 2.45) is 11.7 Å². The Labute approximate surface area is 87.8 Å². The Morgan fingerprint density at radius 1 is 1.21 bits per heavy atom. The Morgan fingerprint density at radius 2 is 1.93 bits per heavy atom. The number of nitrogens with two attached hydrogens (primary N) is 1. The maximum atomic E-state index is 6.17. The van der Waals surface area contributed by atoms with Crippen LogP contribution in [0.3, 0.4) is 0 Å². The zero-order valence-electron chi connectivity index (χ0n) is 9.41. The number of hydrogen-bond donors (Lipinski definition) is 1. The highest BCUT2D eigenvalue weighted by Crippen LogP contribution is 2.29. The van der Waals surface area contributed by atoms with Gasteiger partial charge in [0.15, 0.2) is 0 Å². The second kappa shape index (κ2) is 4.63. The average Bonchev–Trinajstić information content (AvgIpc) is 2.12. The molecule has 0 aromatic rings. The van der Waals surface area contributed by atoms with Crippen molar-refractivity contribution in [2.45, 2.75) is 57.5 Å². The molecule has 1 aliphatic heterocycles. The lowest BCUT2D eigenvalue weighted by Gasteiger charge is -2.48. The van der Waals surface area contributed by atoms with Crippen LogP contribution < -0.4 is 5.73 Å². The monoisotopic (exact) mass is 196 g/mol. The fraction of sp³-hybridized carbons (Fsp3) is 1.00. The van der Waals surface area contributed by atoms with Gasteiger partial charge in [-0.05, 0) is 25.2 Å². The Balaban J connectivity index is 1.74. The normalized spacial score (nSPS) is 35.6. The molecule has 2 unspecified atom stereocenters. The first kappa shape index (κ1) is 10.4. The SMILES string of the molecule is CCCC1CN(C2CCCCC2N)C1. The van der Waals surface area contributed by atoms with Gasteiger partial charge in [-0.2, -0.15) is 0 Å². The second-order valence-corrected chi connectivity index (χ2v) is 5.12. The van der Waals surface area contributed by atoms with Crippen molar-refractivity contribution in [1.29, 1.82) is 0 Å². The number of hydrogen-bond acceptors (Lipinski definition) is 2. The summed E-state index contributed by atoms with van der Waals surface area (Å²) >= 11 is 0. The molecule has 0 spiro atoms. The van der Waals surface area contributed by atoms with Gasteiger partial charge in [0.2, 0.25) is 0 Å². The minimum Gasteiger partial charge on any atom is -0.326 e. The first-order chi connectivity index (χ1) is 6.81. The molecule has 0 aromatic carbocycles. The Morgan fingerprint density at radius 3 is 2.57 bits per heavy atom. The van der Waals surface area contributed by atoms with Crippen LogP contribution in [-0.2, 0) is 0 Å². The zero-order valence-corrected chi connectivity index (χ0v) is 9.41. The van der Waals surface area contributed by atoms with Crippen molar-refractivity contribution in [2.75, 3.05) is 13.1 Å². The third kappa shape index (κ3) is 2.12. The average molecular weight is 196 g/mol. The van der Waals surface area contributed by atoms with Crippen LogP contribution in [0, 0.1) is 5.92 Å². The van der Waals surface area contributed by atoms with Gasteiger partial charge in [0.1, 0.15) is 0 Å². The van der Waals surface area contributed by atoms with E-state index >= 15 is 0 Å². The van der Waals surface area contributed by atoms with Crippen molar-refractivity contribution < 1.29 is 0 Å². The van der Waals surface area contributed by atoms with Crippen LogP contribution in [0.15, 0.2) is 0 Å². The van der Waals surface area contributed by atoms with E-state index in [2.05, 4.69) is 11.8 Å². The van der Waals surface area contributed by atoms with Crippen molar-refractivity contribution in [3.63, 3.8) is 0 Å². The molecule has 0 amide bonds. The maximum Gasteiger partial charge on any atom is 0.0247 e. The fourth-order valence-corrected chi connectivity index (χ4v) is 3.06. The topological polar surface area (TPSA) is 29.3 Å². The molecule has 14 heavy (non-hydrogen) atoms. The quantitative estimate of drug-likeness (QED) is 0.748. The Bertz CT molecular complexity index is 175. The van der Waals surface area contributed by atoms with Gasteiger partial charge in [-0.1, -0.05) is 26.2 Å². The minimum atomic E-state index is 0.464. The molecule has 1 heterocycles. The van der Waals surface area contributed by atoms with Crippen LogP contribution in [0.4, 0.5) is 0 Å². The molecular formula is C12H24N2. The number of rotatable bonds is 3. The Kier molecular flexibility index (Phi) is 3.45. The summed E-state index contributed by atoms with van der Waals surface area (Å²) in [5, 5.41) is 0. The second-order valence-electron chi connectivity index (χ2n) is 5.12. The summed E-state index contributed by atoms with van der Waals surface area (Å²) < 4.78 is 0. The molecule has 1 saturated carbocycles. The molecule has 2 atom stereocenters. The van der Waals surface area contributed by atoms with Gasteiger partial charge in [0.05, 0.1) is 0 Å². The molecule has 1 aliphatic carbocycles. The van der Waals surface area contributed by atoms with E-state index < -0.39 is 0 Å². The lowest BCUT2D eigenvalue weighted by molar-refractivity contribution is 0.0220. The van der Waals surface area contributed by atoms with E-state index in [0.717, 1.165) is 12.0 Å².